The Balaban J connectivity index is 2.85. The Morgan fingerprint density at radius 3 is 2.53 bits per heavy atom. The number of hydrogen-bond donors (Lipinski definition) is 0. The molecule has 0 aromatic heterocycles. The topological polar surface area (TPSA) is 113 Å². The van der Waals surface area contributed by atoms with Crippen molar-refractivity contribution in [3.05, 3.63) is 38.4 Å². The van der Waals surface area contributed by atoms with E-state index in [-0.39, 0.29) is 22.0 Å². The second kappa shape index (κ2) is 6.95. The molecule has 0 spiro atoms. The number of nitro benzene ring substituents is 2. The van der Waals surface area contributed by atoms with Gasteiger partial charge in [0.05, 0.1) is 27.9 Å². The summed E-state index contributed by atoms with van der Waals surface area (Å²) in [7, 11) is 3.28. The van der Waals surface area contributed by atoms with Gasteiger partial charge >= 0.3 is 5.97 Å². The van der Waals surface area contributed by atoms with Crippen LogP contribution in [0.15, 0.2) is 23.1 Å². The molecule has 1 aromatic rings. The van der Waals surface area contributed by atoms with Crippen molar-refractivity contribution < 1.29 is 19.4 Å². The third kappa shape index (κ3) is 4.41. The number of nitro groups is 2. The van der Waals surface area contributed by atoms with Gasteiger partial charge in [0.2, 0.25) is 0 Å². The molecule has 0 saturated heterocycles. The maximum Gasteiger partial charge on any atom is 0.316 e. The van der Waals surface area contributed by atoms with Crippen molar-refractivity contribution in [3.63, 3.8) is 0 Å². The number of hydrogen-bond acceptors (Lipinski definition) is 8. The van der Waals surface area contributed by atoms with Gasteiger partial charge in [-0.2, -0.15) is 0 Å². The molecule has 0 radical (unpaired) electrons. The molecule has 102 valence electrons. The van der Waals surface area contributed by atoms with Gasteiger partial charge in [0.15, 0.2) is 0 Å². The fourth-order valence-corrected chi connectivity index (χ4v) is 3.04. The van der Waals surface area contributed by atoms with Crippen molar-refractivity contribution in [3.8, 4) is 0 Å². The number of nitrogens with zero attached hydrogens (tertiary/aromatic N) is 2. The molecule has 0 aliphatic carbocycles. The molecule has 0 aliphatic heterocycles. The Bertz CT molecular complexity index is 521. The monoisotopic (exact) mass is 304 g/mol. The van der Waals surface area contributed by atoms with E-state index in [1.807, 2.05) is 0 Å². The first-order valence-electron chi connectivity index (χ1n) is 4.75. The second-order valence-corrected chi connectivity index (χ2v) is 5.43. The quantitative estimate of drug-likeness (QED) is 0.341. The molecule has 19 heavy (non-hydrogen) atoms. The number of carbonyl (C=O) groups excluding carboxylic acids is 1. The van der Waals surface area contributed by atoms with E-state index in [1.54, 1.807) is 0 Å². The average Bonchev–Trinajstić information content (AvgIpc) is 2.38. The van der Waals surface area contributed by atoms with Crippen LogP contribution in [0, 0.1) is 20.2 Å². The third-order valence-electron chi connectivity index (χ3n) is 1.90. The van der Waals surface area contributed by atoms with Gasteiger partial charge in [-0.1, -0.05) is 10.8 Å². The molecule has 0 aliphatic rings. The van der Waals surface area contributed by atoms with Crippen molar-refractivity contribution in [1.82, 2.24) is 0 Å². The van der Waals surface area contributed by atoms with Crippen LogP contribution in [0.25, 0.3) is 0 Å². The molecule has 0 heterocycles. The lowest BCUT2D eigenvalue weighted by molar-refractivity contribution is -0.396. The van der Waals surface area contributed by atoms with Crippen LogP contribution < -0.4 is 0 Å². The largest absolute Gasteiger partial charge is 0.468 e. The van der Waals surface area contributed by atoms with Crippen LogP contribution in [0.3, 0.4) is 0 Å². The minimum absolute atomic E-state index is 0.0231. The fraction of sp³-hybridized carbons (Fsp3) is 0.222. The van der Waals surface area contributed by atoms with Crippen LogP contribution in [0.1, 0.15) is 0 Å². The Morgan fingerprint density at radius 1 is 1.32 bits per heavy atom. The van der Waals surface area contributed by atoms with Gasteiger partial charge < -0.3 is 4.74 Å². The molecule has 8 nitrogen and oxygen atoms in total. The molecule has 1 aromatic carbocycles. The predicted molar refractivity (Wildman–Crippen MR) is 70.1 cm³/mol. The lowest BCUT2D eigenvalue weighted by Gasteiger charge is -2.02. The number of carbonyl (C=O) groups is 1. The minimum Gasteiger partial charge on any atom is -0.468 e. The van der Waals surface area contributed by atoms with E-state index in [0.29, 0.717) is 0 Å². The zero-order chi connectivity index (χ0) is 14.4. The summed E-state index contributed by atoms with van der Waals surface area (Å²) in [5, 5.41) is 21.4. The molecular weight excluding hydrogens is 296 g/mol. The zero-order valence-electron chi connectivity index (χ0n) is 9.60. The van der Waals surface area contributed by atoms with Gasteiger partial charge in [-0.05, 0) is 16.9 Å². The Hall–Kier alpha value is -1.81. The average molecular weight is 304 g/mol. The maximum absolute atomic E-state index is 10.9. The molecule has 0 N–H and O–H groups in total. The van der Waals surface area contributed by atoms with E-state index >= 15 is 0 Å². The van der Waals surface area contributed by atoms with Gasteiger partial charge in [0.25, 0.3) is 11.4 Å². The summed E-state index contributed by atoms with van der Waals surface area (Å²) in [6, 6.07) is 3.35. The lowest BCUT2D eigenvalue weighted by Crippen LogP contribution is -2.01. The highest BCUT2D eigenvalue weighted by Crippen LogP contribution is 2.38. The number of benzene rings is 1. The van der Waals surface area contributed by atoms with Crippen molar-refractivity contribution in [2.45, 2.75) is 4.90 Å². The van der Waals surface area contributed by atoms with Crippen molar-refractivity contribution in [2.24, 2.45) is 0 Å². The van der Waals surface area contributed by atoms with E-state index in [4.69, 9.17) is 0 Å². The summed E-state index contributed by atoms with van der Waals surface area (Å²) in [4.78, 5) is 31.1. The summed E-state index contributed by atoms with van der Waals surface area (Å²) in [6.45, 7) is 0. The minimum atomic E-state index is -0.705. The first-order valence-corrected chi connectivity index (χ1v) is 7.06. The summed E-state index contributed by atoms with van der Waals surface area (Å²) in [6.07, 6.45) is 0. The Morgan fingerprint density at radius 2 is 2.00 bits per heavy atom. The molecule has 0 unspecified atom stereocenters. The van der Waals surface area contributed by atoms with E-state index in [2.05, 4.69) is 4.74 Å². The van der Waals surface area contributed by atoms with Gasteiger partial charge in [0.1, 0.15) is 5.75 Å². The molecule has 10 heteroatoms. The van der Waals surface area contributed by atoms with Crippen molar-refractivity contribution in [1.29, 1.82) is 0 Å². The third-order valence-corrected chi connectivity index (χ3v) is 4.15. The number of esters is 1. The van der Waals surface area contributed by atoms with Gasteiger partial charge in [0, 0.05) is 6.07 Å². The summed E-state index contributed by atoms with van der Waals surface area (Å²) < 4.78 is 4.42. The maximum atomic E-state index is 10.9. The first kappa shape index (κ1) is 15.2. The van der Waals surface area contributed by atoms with Crippen LogP contribution in [0.2, 0.25) is 0 Å². The zero-order valence-corrected chi connectivity index (χ0v) is 11.2. The lowest BCUT2D eigenvalue weighted by atomic mass is 10.3. The molecule has 1 rings (SSSR count). The Labute approximate surface area is 115 Å². The standard InChI is InChI=1S/C9H8N2O6S2/c1-17-9(12)5-18-19-8-3-2-6(10(13)14)4-7(8)11(15)16/h2-4H,5H2,1H3. The summed E-state index contributed by atoms with van der Waals surface area (Å²) in [5.41, 5.74) is -0.717. The van der Waals surface area contributed by atoms with Crippen LogP contribution in [-0.2, 0) is 9.53 Å². The van der Waals surface area contributed by atoms with E-state index in [9.17, 15) is 25.0 Å². The first-order chi connectivity index (χ1) is 8.95. The van der Waals surface area contributed by atoms with Crippen LogP contribution in [-0.4, -0.2) is 28.7 Å². The number of rotatable bonds is 6. The SMILES string of the molecule is COC(=O)CSSc1ccc([N+](=O)[O-])cc1[N+](=O)[O-]. The number of ether oxygens (including phenoxy) is 1. The summed E-state index contributed by atoms with van der Waals surface area (Å²) in [5.74, 6) is -0.433. The molecule has 0 saturated carbocycles. The van der Waals surface area contributed by atoms with E-state index < -0.39 is 15.8 Å². The second-order valence-electron chi connectivity index (χ2n) is 3.09. The van der Waals surface area contributed by atoms with Crippen molar-refractivity contribution >= 4 is 38.9 Å². The number of methoxy groups -OCH3 is 1. The molecule has 0 bridgehead atoms. The van der Waals surface area contributed by atoms with E-state index in [1.165, 1.54) is 19.2 Å². The van der Waals surface area contributed by atoms with Crippen molar-refractivity contribution in [2.75, 3.05) is 12.9 Å². The molecular formula is C9H8N2O6S2. The van der Waals surface area contributed by atoms with Gasteiger partial charge in [-0.25, -0.2) is 0 Å². The van der Waals surface area contributed by atoms with Crippen LogP contribution >= 0.6 is 21.6 Å². The van der Waals surface area contributed by atoms with Crippen LogP contribution in [0.4, 0.5) is 11.4 Å². The highest BCUT2D eigenvalue weighted by atomic mass is 33.1. The molecule has 0 amide bonds. The highest BCUT2D eigenvalue weighted by Gasteiger charge is 2.20. The van der Waals surface area contributed by atoms with Crippen LogP contribution in [0.5, 0.6) is 0 Å². The summed E-state index contributed by atoms with van der Waals surface area (Å²) >= 11 is 0. The highest BCUT2D eigenvalue weighted by molar-refractivity contribution is 8.76. The normalized spacial score (nSPS) is 9.95. The molecule has 0 atom stereocenters. The number of non-ortho nitro benzene ring substituents is 1. The van der Waals surface area contributed by atoms with Gasteiger partial charge in [-0.15, -0.1) is 0 Å². The predicted octanol–water partition coefficient (Wildman–Crippen LogP) is 2.42. The Kier molecular flexibility index (Phi) is 5.57. The molecule has 0 fully saturated rings. The van der Waals surface area contributed by atoms with Gasteiger partial charge in [-0.3, -0.25) is 25.0 Å². The smallest absolute Gasteiger partial charge is 0.316 e. The van der Waals surface area contributed by atoms with E-state index in [0.717, 1.165) is 27.7 Å². The fourth-order valence-electron chi connectivity index (χ4n) is 1.03.